The molecule has 0 saturated heterocycles. The zero-order chi connectivity index (χ0) is 15.8. The third-order valence-electron chi connectivity index (χ3n) is 3.04. The summed E-state index contributed by atoms with van der Waals surface area (Å²) >= 11 is 0. The summed E-state index contributed by atoms with van der Waals surface area (Å²) in [5, 5.41) is 0. The third kappa shape index (κ3) is 4.57. The van der Waals surface area contributed by atoms with Crippen LogP contribution in [0.3, 0.4) is 0 Å². The fourth-order valence-electron chi connectivity index (χ4n) is 2.02. The molecule has 0 fully saturated rings. The number of carbonyl (C=O) groups excluding carboxylic acids is 1. The van der Waals surface area contributed by atoms with Crippen molar-refractivity contribution in [3.05, 3.63) is 17.8 Å². The van der Waals surface area contributed by atoms with Gasteiger partial charge in [0.25, 0.3) is 0 Å². The molecule has 0 aliphatic heterocycles. The van der Waals surface area contributed by atoms with Crippen molar-refractivity contribution >= 4 is 17.5 Å². The Hall–Kier alpha value is -1.86. The second-order valence-corrected chi connectivity index (χ2v) is 4.62. The lowest BCUT2D eigenvalue weighted by molar-refractivity contribution is 0.0600. The first-order valence-corrected chi connectivity index (χ1v) is 6.63. The first kappa shape index (κ1) is 17.2. The normalized spacial score (nSPS) is 12.0. The highest BCUT2D eigenvalue weighted by molar-refractivity contribution is 5.95. The number of pyridine rings is 1. The molecule has 7 heteroatoms. The minimum absolute atomic E-state index is 0.0182. The van der Waals surface area contributed by atoms with Gasteiger partial charge < -0.3 is 24.8 Å². The average Bonchev–Trinajstić information content (AvgIpc) is 2.48. The highest BCUT2D eigenvalue weighted by Gasteiger charge is 2.23. The molecule has 0 bridgehead atoms. The lowest BCUT2D eigenvalue weighted by Crippen LogP contribution is -2.40. The van der Waals surface area contributed by atoms with Crippen molar-refractivity contribution in [1.82, 2.24) is 4.98 Å². The van der Waals surface area contributed by atoms with Crippen molar-refractivity contribution < 1.29 is 19.0 Å². The molecular weight excluding hydrogens is 274 g/mol. The maximum atomic E-state index is 11.9. The summed E-state index contributed by atoms with van der Waals surface area (Å²) in [6, 6.07) is 1.58. The summed E-state index contributed by atoms with van der Waals surface area (Å²) in [6.07, 6.45) is 1.51. The Balaban J connectivity index is 3.18. The van der Waals surface area contributed by atoms with Crippen LogP contribution in [0.1, 0.15) is 17.3 Å². The van der Waals surface area contributed by atoms with Crippen LogP contribution in [0.15, 0.2) is 12.3 Å². The van der Waals surface area contributed by atoms with E-state index in [9.17, 15) is 4.79 Å². The molecule has 0 amide bonds. The van der Waals surface area contributed by atoms with E-state index in [-0.39, 0.29) is 6.04 Å². The minimum Gasteiger partial charge on any atom is -0.465 e. The zero-order valence-corrected chi connectivity index (χ0v) is 13.0. The van der Waals surface area contributed by atoms with Gasteiger partial charge in [-0.2, -0.15) is 0 Å². The largest absolute Gasteiger partial charge is 0.465 e. The van der Waals surface area contributed by atoms with Crippen LogP contribution >= 0.6 is 0 Å². The van der Waals surface area contributed by atoms with Crippen molar-refractivity contribution in [2.45, 2.75) is 13.0 Å². The molecule has 21 heavy (non-hydrogen) atoms. The predicted octanol–water partition coefficient (Wildman–Crippen LogP) is 0.938. The maximum absolute atomic E-state index is 11.9. The number of methoxy groups -OCH3 is 3. The van der Waals surface area contributed by atoms with Gasteiger partial charge in [0.2, 0.25) is 0 Å². The quantitative estimate of drug-likeness (QED) is 0.714. The number of nitrogens with two attached hydrogens (primary N) is 1. The van der Waals surface area contributed by atoms with Gasteiger partial charge in [0.05, 0.1) is 38.2 Å². The van der Waals surface area contributed by atoms with E-state index in [4.69, 9.17) is 19.9 Å². The highest BCUT2D eigenvalue weighted by atomic mass is 16.5. The van der Waals surface area contributed by atoms with Gasteiger partial charge in [-0.05, 0) is 13.0 Å². The Labute approximate surface area is 125 Å². The fourth-order valence-corrected chi connectivity index (χ4v) is 2.02. The number of anilines is 2. The molecule has 0 aliphatic rings. The molecule has 118 valence electrons. The molecule has 1 atom stereocenters. The summed E-state index contributed by atoms with van der Waals surface area (Å²) in [6.45, 7) is 3.55. The summed E-state index contributed by atoms with van der Waals surface area (Å²) in [4.78, 5) is 18.2. The van der Waals surface area contributed by atoms with E-state index in [1.54, 1.807) is 20.3 Å². The van der Waals surface area contributed by atoms with E-state index < -0.39 is 5.97 Å². The van der Waals surface area contributed by atoms with E-state index in [0.717, 1.165) is 0 Å². The fraction of sp³-hybridized carbons (Fsp3) is 0.571. The number of ether oxygens (including phenoxy) is 3. The molecule has 2 N–H and O–H groups in total. The van der Waals surface area contributed by atoms with Crippen LogP contribution in [0.2, 0.25) is 0 Å². The molecule has 1 heterocycles. The number of nitrogen functional groups attached to an aromatic ring is 1. The monoisotopic (exact) mass is 297 g/mol. The summed E-state index contributed by atoms with van der Waals surface area (Å²) in [5.41, 5.74) is 6.45. The van der Waals surface area contributed by atoms with Crippen molar-refractivity contribution in [2.75, 3.05) is 51.7 Å². The van der Waals surface area contributed by atoms with Crippen molar-refractivity contribution in [3.8, 4) is 0 Å². The molecule has 1 rings (SSSR count). The van der Waals surface area contributed by atoms with Crippen LogP contribution in [0.4, 0.5) is 11.5 Å². The van der Waals surface area contributed by atoms with Crippen molar-refractivity contribution in [1.29, 1.82) is 0 Å². The first-order valence-electron chi connectivity index (χ1n) is 6.63. The Kier molecular flexibility index (Phi) is 6.90. The van der Waals surface area contributed by atoms with E-state index in [1.165, 1.54) is 13.3 Å². The highest BCUT2D eigenvalue weighted by Crippen LogP contribution is 2.23. The Morgan fingerprint density at radius 2 is 2.10 bits per heavy atom. The summed E-state index contributed by atoms with van der Waals surface area (Å²) < 4.78 is 15.1. The van der Waals surface area contributed by atoms with Gasteiger partial charge in [-0.15, -0.1) is 0 Å². The standard InChI is InChI=1S/C14H23N3O4/c1-10(9-20-3)17(5-6-19-2)13-12(14(18)21-4)7-11(15)8-16-13/h7-8,10H,5-6,9,15H2,1-4H3. The number of aromatic nitrogens is 1. The SMILES string of the molecule is COCCN(c1ncc(N)cc1C(=O)OC)C(C)COC. The Bertz CT molecular complexity index is 468. The second kappa shape index (κ2) is 8.43. The van der Waals surface area contributed by atoms with Gasteiger partial charge in [0, 0.05) is 20.8 Å². The molecule has 1 unspecified atom stereocenters. The number of esters is 1. The van der Waals surface area contributed by atoms with E-state index in [2.05, 4.69) is 4.98 Å². The zero-order valence-electron chi connectivity index (χ0n) is 13.0. The van der Waals surface area contributed by atoms with E-state index in [1.807, 2.05) is 11.8 Å². The molecule has 0 aliphatic carbocycles. The summed E-state index contributed by atoms with van der Waals surface area (Å²) in [7, 11) is 4.58. The van der Waals surface area contributed by atoms with Gasteiger partial charge in [-0.3, -0.25) is 0 Å². The molecular formula is C14H23N3O4. The van der Waals surface area contributed by atoms with Crippen LogP contribution in [-0.4, -0.2) is 58.1 Å². The van der Waals surface area contributed by atoms with Crippen LogP contribution in [0.25, 0.3) is 0 Å². The molecule has 1 aromatic rings. The molecule has 7 nitrogen and oxygen atoms in total. The second-order valence-electron chi connectivity index (χ2n) is 4.62. The number of nitrogens with zero attached hydrogens (tertiary/aromatic N) is 2. The smallest absolute Gasteiger partial charge is 0.341 e. The van der Waals surface area contributed by atoms with Crippen LogP contribution in [-0.2, 0) is 14.2 Å². The van der Waals surface area contributed by atoms with E-state index in [0.29, 0.717) is 36.8 Å². The summed E-state index contributed by atoms with van der Waals surface area (Å²) in [5.74, 6) is 0.0366. The van der Waals surface area contributed by atoms with Crippen LogP contribution in [0, 0.1) is 0 Å². The maximum Gasteiger partial charge on any atom is 0.341 e. The third-order valence-corrected chi connectivity index (χ3v) is 3.04. The Morgan fingerprint density at radius 1 is 1.38 bits per heavy atom. The number of hydrogen-bond acceptors (Lipinski definition) is 7. The topological polar surface area (TPSA) is 86.9 Å². The van der Waals surface area contributed by atoms with Gasteiger partial charge >= 0.3 is 5.97 Å². The van der Waals surface area contributed by atoms with Crippen LogP contribution < -0.4 is 10.6 Å². The van der Waals surface area contributed by atoms with Crippen LogP contribution in [0.5, 0.6) is 0 Å². The van der Waals surface area contributed by atoms with Gasteiger partial charge in [0.15, 0.2) is 0 Å². The lowest BCUT2D eigenvalue weighted by atomic mass is 10.2. The Morgan fingerprint density at radius 3 is 2.67 bits per heavy atom. The first-order chi connectivity index (χ1) is 10.0. The van der Waals surface area contributed by atoms with Gasteiger partial charge in [-0.25, -0.2) is 9.78 Å². The molecule has 0 saturated carbocycles. The molecule has 0 aromatic carbocycles. The van der Waals surface area contributed by atoms with Gasteiger partial charge in [0.1, 0.15) is 11.4 Å². The van der Waals surface area contributed by atoms with E-state index >= 15 is 0 Å². The van der Waals surface area contributed by atoms with Crippen molar-refractivity contribution in [2.24, 2.45) is 0 Å². The predicted molar refractivity (Wildman–Crippen MR) is 80.5 cm³/mol. The minimum atomic E-state index is -0.475. The average molecular weight is 297 g/mol. The number of rotatable bonds is 8. The molecule has 0 spiro atoms. The molecule has 1 aromatic heterocycles. The lowest BCUT2D eigenvalue weighted by Gasteiger charge is -2.30. The van der Waals surface area contributed by atoms with Crippen molar-refractivity contribution in [3.63, 3.8) is 0 Å². The number of hydrogen-bond donors (Lipinski definition) is 1. The van der Waals surface area contributed by atoms with Gasteiger partial charge in [-0.1, -0.05) is 0 Å². The number of carbonyl (C=O) groups is 1. The molecule has 0 radical (unpaired) electrons.